The second kappa shape index (κ2) is 9.28. The number of pyridine rings is 1. The van der Waals surface area contributed by atoms with E-state index in [4.69, 9.17) is 0 Å². The molecule has 29 heavy (non-hydrogen) atoms. The summed E-state index contributed by atoms with van der Waals surface area (Å²) in [7, 11) is -3.46. The second-order valence-electron chi connectivity index (χ2n) is 7.36. The molecule has 0 aliphatic carbocycles. The number of thioether (sulfide) groups is 1. The second-order valence-corrected chi connectivity index (χ2v) is 10.3. The third-order valence-electron chi connectivity index (χ3n) is 5.17. The number of sulfonamides is 1. The van der Waals surface area contributed by atoms with Crippen molar-refractivity contribution >= 4 is 27.7 Å². The van der Waals surface area contributed by atoms with Gasteiger partial charge in [0.05, 0.1) is 16.8 Å². The summed E-state index contributed by atoms with van der Waals surface area (Å²) < 4.78 is 26.6. The van der Waals surface area contributed by atoms with Gasteiger partial charge in [-0.15, -0.1) is 0 Å². The van der Waals surface area contributed by atoms with Gasteiger partial charge < -0.3 is 5.32 Å². The highest BCUT2D eigenvalue weighted by atomic mass is 32.2. The molecule has 1 aromatic carbocycles. The van der Waals surface area contributed by atoms with Crippen LogP contribution in [0.15, 0.2) is 46.5 Å². The predicted octanol–water partition coefficient (Wildman–Crippen LogP) is 3.45. The molecule has 3 rings (SSSR count). The zero-order chi connectivity index (χ0) is 21.0. The quantitative estimate of drug-likeness (QED) is 0.677. The average molecular weight is 434 g/mol. The first-order chi connectivity index (χ1) is 13.8. The van der Waals surface area contributed by atoms with Gasteiger partial charge in [0.2, 0.25) is 15.9 Å². The van der Waals surface area contributed by atoms with E-state index in [9.17, 15) is 13.2 Å². The van der Waals surface area contributed by atoms with Crippen LogP contribution in [0.25, 0.3) is 0 Å². The number of carbonyl (C=O) groups is 1. The van der Waals surface area contributed by atoms with Crippen LogP contribution in [0, 0.1) is 13.8 Å². The zero-order valence-electron chi connectivity index (χ0n) is 17.0. The molecule has 1 aliphatic rings. The summed E-state index contributed by atoms with van der Waals surface area (Å²) in [6.45, 7) is 7.22. The summed E-state index contributed by atoms with van der Waals surface area (Å²) in [6.07, 6.45) is 3.18. The van der Waals surface area contributed by atoms with Crippen LogP contribution in [0.4, 0.5) is 0 Å². The van der Waals surface area contributed by atoms with Crippen LogP contribution in [0.5, 0.6) is 0 Å². The Labute approximate surface area is 177 Å². The Hall–Kier alpha value is -1.90. The monoisotopic (exact) mass is 433 g/mol. The number of aromatic nitrogens is 1. The topological polar surface area (TPSA) is 79.4 Å². The summed E-state index contributed by atoms with van der Waals surface area (Å²) >= 11 is 1.29. The van der Waals surface area contributed by atoms with Gasteiger partial charge in [0.1, 0.15) is 4.90 Å². The first-order valence-corrected chi connectivity index (χ1v) is 12.2. The van der Waals surface area contributed by atoms with Gasteiger partial charge in [-0.3, -0.25) is 4.79 Å². The Morgan fingerprint density at radius 2 is 1.90 bits per heavy atom. The molecule has 1 atom stereocenters. The van der Waals surface area contributed by atoms with Gasteiger partial charge in [-0.1, -0.05) is 30.0 Å². The molecular formula is C21H27N3O3S2. The standard InChI is InChI=1S/C21H27N3O3S2/c1-15-6-7-18(12-16(15)2)17(3)23-20(25)14-28-21-9-8-19(13-22-21)29(26,27)24-10-4-5-11-24/h6-9,12-13,17H,4-5,10-11,14H2,1-3H3,(H,23,25)/t17-/m1/s1. The molecule has 1 aliphatic heterocycles. The summed E-state index contributed by atoms with van der Waals surface area (Å²) in [5, 5.41) is 3.62. The van der Waals surface area contributed by atoms with Gasteiger partial charge in [-0.05, 0) is 62.4 Å². The molecule has 1 saturated heterocycles. The smallest absolute Gasteiger partial charge is 0.244 e. The maximum Gasteiger partial charge on any atom is 0.244 e. The van der Waals surface area contributed by atoms with E-state index in [-0.39, 0.29) is 22.6 Å². The minimum atomic E-state index is -3.46. The number of aryl methyl sites for hydroxylation is 2. The lowest BCUT2D eigenvalue weighted by Crippen LogP contribution is -2.28. The average Bonchev–Trinajstić information content (AvgIpc) is 3.24. The molecular weight excluding hydrogens is 406 g/mol. The summed E-state index contributed by atoms with van der Waals surface area (Å²) in [5.41, 5.74) is 3.50. The fourth-order valence-electron chi connectivity index (χ4n) is 3.22. The van der Waals surface area contributed by atoms with Crippen molar-refractivity contribution in [2.45, 2.75) is 49.6 Å². The third-order valence-corrected chi connectivity index (χ3v) is 8.00. The molecule has 1 amide bonds. The fraction of sp³-hybridized carbons (Fsp3) is 0.429. The highest BCUT2D eigenvalue weighted by Gasteiger charge is 2.27. The van der Waals surface area contributed by atoms with E-state index in [2.05, 4.69) is 36.3 Å². The number of nitrogens with one attached hydrogen (secondary N) is 1. The van der Waals surface area contributed by atoms with Crippen molar-refractivity contribution in [3.63, 3.8) is 0 Å². The summed E-state index contributed by atoms with van der Waals surface area (Å²) in [5.74, 6) is 0.136. The molecule has 0 radical (unpaired) electrons. The molecule has 0 spiro atoms. The van der Waals surface area contributed by atoms with Crippen molar-refractivity contribution in [1.82, 2.24) is 14.6 Å². The number of benzene rings is 1. The van der Waals surface area contributed by atoms with E-state index >= 15 is 0 Å². The summed E-state index contributed by atoms with van der Waals surface area (Å²) in [6, 6.07) is 9.33. The normalized spacial score (nSPS) is 16.0. The van der Waals surface area contributed by atoms with Crippen molar-refractivity contribution < 1.29 is 13.2 Å². The van der Waals surface area contributed by atoms with Crippen LogP contribution in [0.2, 0.25) is 0 Å². The van der Waals surface area contributed by atoms with Gasteiger partial charge >= 0.3 is 0 Å². The molecule has 8 heteroatoms. The number of hydrogen-bond acceptors (Lipinski definition) is 5. The van der Waals surface area contributed by atoms with Crippen molar-refractivity contribution in [2.24, 2.45) is 0 Å². The maximum absolute atomic E-state index is 12.5. The van der Waals surface area contributed by atoms with Crippen LogP contribution in [0.1, 0.15) is 42.5 Å². The number of rotatable bonds is 7. The van der Waals surface area contributed by atoms with E-state index in [1.807, 2.05) is 13.0 Å². The number of nitrogens with zero attached hydrogens (tertiary/aromatic N) is 2. The molecule has 1 aromatic heterocycles. The van der Waals surface area contributed by atoms with Crippen LogP contribution in [0.3, 0.4) is 0 Å². The van der Waals surface area contributed by atoms with Crippen LogP contribution < -0.4 is 5.32 Å². The largest absolute Gasteiger partial charge is 0.349 e. The molecule has 1 fully saturated rings. The van der Waals surface area contributed by atoms with Crippen molar-refractivity contribution in [3.8, 4) is 0 Å². The van der Waals surface area contributed by atoms with E-state index in [0.717, 1.165) is 18.4 Å². The Bertz CT molecular complexity index is 969. The van der Waals surface area contributed by atoms with Crippen LogP contribution >= 0.6 is 11.8 Å². The molecule has 0 saturated carbocycles. The number of amides is 1. The minimum absolute atomic E-state index is 0.0802. The molecule has 156 valence electrons. The van der Waals surface area contributed by atoms with E-state index < -0.39 is 10.0 Å². The van der Waals surface area contributed by atoms with Gasteiger partial charge in [-0.25, -0.2) is 13.4 Å². The Morgan fingerprint density at radius 3 is 2.52 bits per heavy atom. The molecule has 2 aromatic rings. The molecule has 1 N–H and O–H groups in total. The Kier molecular flexibility index (Phi) is 6.97. The molecule has 0 unspecified atom stereocenters. The number of hydrogen-bond donors (Lipinski definition) is 1. The third kappa shape index (κ3) is 5.38. The first-order valence-electron chi connectivity index (χ1n) is 9.73. The lowest BCUT2D eigenvalue weighted by atomic mass is 10.0. The Balaban J connectivity index is 1.54. The maximum atomic E-state index is 12.5. The Morgan fingerprint density at radius 1 is 1.17 bits per heavy atom. The predicted molar refractivity (Wildman–Crippen MR) is 115 cm³/mol. The van der Waals surface area contributed by atoms with Crippen LogP contribution in [-0.2, 0) is 14.8 Å². The van der Waals surface area contributed by atoms with Crippen molar-refractivity contribution in [1.29, 1.82) is 0 Å². The number of carbonyl (C=O) groups excluding carboxylic acids is 1. The van der Waals surface area contributed by atoms with Gasteiger partial charge in [-0.2, -0.15) is 4.31 Å². The lowest BCUT2D eigenvalue weighted by Gasteiger charge is -2.16. The fourth-order valence-corrected chi connectivity index (χ4v) is 5.34. The van der Waals surface area contributed by atoms with Gasteiger partial charge in [0, 0.05) is 19.3 Å². The first kappa shape index (κ1) is 21.8. The van der Waals surface area contributed by atoms with E-state index in [0.29, 0.717) is 18.1 Å². The summed E-state index contributed by atoms with van der Waals surface area (Å²) in [4.78, 5) is 16.7. The van der Waals surface area contributed by atoms with Crippen molar-refractivity contribution in [3.05, 3.63) is 53.2 Å². The van der Waals surface area contributed by atoms with E-state index in [1.54, 1.807) is 12.1 Å². The zero-order valence-corrected chi connectivity index (χ0v) is 18.6. The van der Waals surface area contributed by atoms with E-state index in [1.165, 1.54) is 33.4 Å². The molecule has 2 heterocycles. The molecule has 6 nitrogen and oxygen atoms in total. The highest BCUT2D eigenvalue weighted by molar-refractivity contribution is 7.99. The minimum Gasteiger partial charge on any atom is -0.349 e. The van der Waals surface area contributed by atoms with Crippen molar-refractivity contribution in [2.75, 3.05) is 18.8 Å². The van der Waals surface area contributed by atoms with Crippen LogP contribution in [-0.4, -0.2) is 42.5 Å². The SMILES string of the molecule is Cc1ccc([C@@H](C)NC(=O)CSc2ccc(S(=O)(=O)N3CCCC3)cn2)cc1C. The highest BCUT2D eigenvalue weighted by Crippen LogP contribution is 2.23. The van der Waals surface area contributed by atoms with Gasteiger partial charge in [0.15, 0.2) is 0 Å². The molecule has 0 bridgehead atoms. The lowest BCUT2D eigenvalue weighted by molar-refractivity contribution is -0.119. The van der Waals surface area contributed by atoms with Gasteiger partial charge in [0.25, 0.3) is 0 Å².